The van der Waals surface area contributed by atoms with Crippen LogP contribution in [0, 0.1) is 11.3 Å². The Hall–Kier alpha value is -2.88. The SMILES string of the molecule is CC(Nc1nc(C#N)nc2c1ccn2[C@@H]1O[C@H](COCP(=O)(O)O)[C@@H](O)[C@H]1O)c1ccccc1. The molecule has 180 valence electrons. The normalized spacial score (nSPS) is 23.6. The van der Waals surface area contributed by atoms with Crippen molar-refractivity contribution in [3.63, 3.8) is 0 Å². The van der Waals surface area contributed by atoms with Crippen molar-refractivity contribution >= 4 is 24.4 Å². The van der Waals surface area contributed by atoms with Gasteiger partial charge < -0.3 is 39.4 Å². The van der Waals surface area contributed by atoms with E-state index in [-0.39, 0.29) is 18.5 Å². The molecule has 0 spiro atoms. The smallest absolute Gasteiger partial charge is 0.350 e. The molecule has 3 aromatic rings. The Morgan fingerprint density at radius 1 is 1.24 bits per heavy atom. The lowest BCUT2D eigenvalue weighted by Crippen LogP contribution is -2.33. The molecule has 0 saturated carbocycles. The number of nitriles is 1. The summed E-state index contributed by atoms with van der Waals surface area (Å²) in [4.78, 5) is 26.4. The zero-order valence-corrected chi connectivity index (χ0v) is 19.0. The number of aliphatic hydroxyl groups excluding tert-OH is 2. The quantitative estimate of drug-likeness (QED) is 0.287. The Morgan fingerprint density at radius 3 is 2.65 bits per heavy atom. The van der Waals surface area contributed by atoms with Crippen LogP contribution in [-0.4, -0.2) is 65.8 Å². The highest BCUT2D eigenvalue weighted by molar-refractivity contribution is 7.51. The molecule has 0 radical (unpaired) electrons. The van der Waals surface area contributed by atoms with Gasteiger partial charge in [0.05, 0.1) is 12.0 Å². The van der Waals surface area contributed by atoms with Crippen molar-refractivity contribution in [3.8, 4) is 6.07 Å². The molecule has 0 aliphatic carbocycles. The largest absolute Gasteiger partial charge is 0.387 e. The number of hydrogen-bond acceptors (Lipinski definition) is 9. The number of ether oxygens (including phenoxy) is 2. The molecule has 1 saturated heterocycles. The van der Waals surface area contributed by atoms with E-state index in [2.05, 4.69) is 15.3 Å². The van der Waals surface area contributed by atoms with Crippen LogP contribution in [0.3, 0.4) is 0 Å². The lowest BCUT2D eigenvalue weighted by atomic mass is 10.1. The topological polar surface area (TPSA) is 183 Å². The molecule has 2 aromatic heterocycles. The van der Waals surface area contributed by atoms with Gasteiger partial charge in [-0.2, -0.15) is 5.26 Å². The molecule has 12 nitrogen and oxygen atoms in total. The Morgan fingerprint density at radius 2 is 1.97 bits per heavy atom. The van der Waals surface area contributed by atoms with Gasteiger partial charge >= 0.3 is 7.60 Å². The van der Waals surface area contributed by atoms with Crippen LogP contribution in [0.4, 0.5) is 5.82 Å². The number of rotatable bonds is 8. The molecular formula is C21H24N5O7P. The fourth-order valence-corrected chi connectivity index (χ4v) is 4.16. The molecule has 1 aliphatic heterocycles. The van der Waals surface area contributed by atoms with Gasteiger partial charge in [-0.25, -0.2) is 9.97 Å². The van der Waals surface area contributed by atoms with Gasteiger partial charge in [0.15, 0.2) is 6.23 Å². The lowest BCUT2D eigenvalue weighted by molar-refractivity contribution is -0.0610. The maximum absolute atomic E-state index is 11.0. The minimum Gasteiger partial charge on any atom is -0.387 e. The molecule has 1 aromatic carbocycles. The molecule has 0 bridgehead atoms. The van der Waals surface area contributed by atoms with Crippen molar-refractivity contribution in [2.24, 2.45) is 0 Å². The van der Waals surface area contributed by atoms with Crippen LogP contribution in [0.1, 0.15) is 30.6 Å². The molecule has 3 heterocycles. The van der Waals surface area contributed by atoms with Crippen LogP contribution in [0.25, 0.3) is 11.0 Å². The molecule has 0 amide bonds. The van der Waals surface area contributed by atoms with E-state index in [4.69, 9.17) is 19.3 Å². The summed E-state index contributed by atoms with van der Waals surface area (Å²) in [5, 5.41) is 34.3. The van der Waals surface area contributed by atoms with Crippen molar-refractivity contribution in [3.05, 3.63) is 54.0 Å². The standard InChI is InChI=1S/C21H24N5O7P/c1-12(13-5-3-2-4-6-13)23-19-14-7-8-26(20(14)25-16(9-22)24-19)21-18(28)17(27)15(33-21)10-32-11-34(29,30)31/h2-8,12,15,17-18,21,27-28H,10-11H2,1H3,(H,23,24,25)(H2,29,30,31)/t12?,15-,17-,18-,21-/m1/s1. The first-order valence-corrected chi connectivity index (χ1v) is 12.2. The van der Waals surface area contributed by atoms with Crippen LogP contribution in [0.2, 0.25) is 0 Å². The van der Waals surface area contributed by atoms with E-state index in [9.17, 15) is 20.0 Å². The van der Waals surface area contributed by atoms with E-state index >= 15 is 0 Å². The minimum absolute atomic E-state index is 0.0928. The summed E-state index contributed by atoms with van der Waals surface area (Å²) in [6.45, 7) is 1.62. The molecule has 13 heteroatoms. The molecule has 5 N–H and O–H groups in total. The summed E-state index contributed by atoms with van der Waals surface area (Å²) >= 11 is 0. The van der Waals surface area contributed by atoms with Gasteiger partial charge in [-0.1, -0.05) is 30.3 Å². The second-order valence-corrected chi connectivity index (χ2v) is 9.54. The predicted molar refractivity (Wildman–Crippen MR) is 120 cm³/mol. The van der Waals surface area contributed by atoms with Gasteiger partial charge in [0.2, 0.25) is 5.82 Å². The van der Waals surface area contributed by atoms with E-state index in [1.807, 2.05) is 43.3 Å². The average Bonchev–Trinajstić information content (AvgIpc) is 3.35. The van der Waals surface area contributed by atoms with Gasteiger partial charge in [-0.05, 0) is 18.6 Å². The number of fused-ring (bicyclic) bond motifs is 1. The van der Waals surface area contributed by atoms with Crippen LogP contribution in [-0.2, 0) is 14.0 Å². The Kier molecular flexibility index (Phi) is 6.97. The summed E-state index contributed by atoms with van der Waals surface area (Å²) in [5.74, 6) is 0.330. The third kappa shape index (κ3) is 5.11. The summed E-state index contributed by atoms with van der Waals surface area (Å²) in [6, 6.07) is 13.2. The number of benzene rings is 1. The van der Waals surface area contributed by atoms with Gasteiger partial charge in [-0.3, -0.25) is 4.57 Å². The maximum atomic E-state index is 11.0. The highest BCUT2D eigenvalue weighted by Crippen LogP contribution is 2.36. The Balaban J connectivity index is 1.61. The number of aromatic nitrogens is 3. The van der Waals surface area contributed by atoms with Crippen molar-refractivity contribution in [2.75, 3.05) is 18.3 Å². The van der Waals surface area contributed by atoms with E-state index in [1.54, 1.807) is 12.3 Å². The predicted octanol–water partition coefficient (Wildman–Crippen LogP) is 1.25. The molecule has 4 rings (SSSR count). The van der Waals surface area contributed by atoms with Gasteiger partial charge in [-0.15, -0.1) is 0 Å². The first kappa shape index (κ1) is 24.3. The summed E-state index contributed by atoms with van der Waals surface area (Å²) < 4.78 is 23.1. The molecule has 1 fully saturated rings. The van der Waals surface area contributed by atoms with Crippen LogP contribution < -0.4 is 5.32 Å². The van der Waals surface area contributed by atoms with Crippen molar-refractivity contribution in [1.82, 2.24) is 14.5 Å². The van der Waals surface area contributed by atoms with Crippen molar-refractivity contribution in [1.29, 1.82) is 5.26 Å². The van der Waals surface area contributed by atoms with Crippen LogP contribution in [0.5, 0.6) is 0 Å². The zero-order valence-electron chi connectivity index (χ0n) is 18.1. The van der Waals surface area contributed by atoms with E-state index in [0.29, 0.717) is 16.9 Å². The zero-order chi connectivity index (χ0) is 24.5. The maximum Gasteiger partial charge on any atom is 0.350 e. The van der Waals surface area contributed by atoms with E-state index in [0.717, 1.165) is 5.56 Å². The van der Waals surface area contributed by atoms with Crippen molar-refractivity contribution < 1.29 is 34.0 Å². The van der Waals surface area contributed by atoms with Gasteiger partial charge in [0.25, 0.3) is 0 Å². The average molecular weight is 489 g/mol. The molecule has 1 aliphatic rings. The van der Waals surface area contributed by atoms with E-state index in [1.165, 1.54) is 4.57 Å². The molecule has 1 unspecified atom stereocenters. The molecular weight excluding hydrogens is 465 g/mol. The van der Waals surface area contributed by atoms with Crippen LogP contribution in [0.15, 0.2) is 42.6 Å². The summed E-state index contributed by atoms with van der Waals surface area (Å²) in [5.41, 5.74) is 1.32. The molecule has 34 heavy (non-hydrogen) atoms. The van der Waals surface area contributed by atoms with Gasteiger partial charge in [0, 0.05) is 12.2 Å². The van der Waals surface area contributed by atoms with Gasteiger partial charge in [0.1, 0.15) is 42.2 Å². The molecule has 5 atom stereocenters. The first-order valence-electron chi connectivity index (χ1n) is 10.4. The number of aliphatic hydroxyl groups is 2. The Labute approximate surface area is 194 Å². The summed E-state index contributed by atoms with van der Waals surface area (Å²) in [6.07, 6.45) is -4.08. The van der Waals surface area contributed by atoms with Crippen molar-refractivity contribution in [2.45, 2.75) is 37.5 Å². The Bertz CT molecular complexity index is 1240. The number of anilines is 1. The monoisotopic (exact) mass is 489 g/mol. The minimum atomic E-state index is -4.38. The second kappa shape index (κ2) is 9.77. The second-order valence-electron chi connectivity index (χ2n) is 7.96. The fraction of sp³-hybridized carbons (Fsp3) is 0.381. The number of nitrogens with one attached hydrogen (secondary N) is 1. The lowest BCUT2D eigenvalue weighted by Gasteiger charge is -2.19. The number of nitrogens with zero attached hydrogens (tertiary/aromatic N) is 4. The highest BCUT2D eigenvalue weighted by atomic mass is 31.2. The first-order chi connectivity index (χ1) is 16.2. The summed E-state index contributed by atoms with van der Waals surface area (Å²) in [7, 11) is -4.38. The highest BCUT2D eigenvalue weighted by Gasteiger charge is 2.44. The van der Waals surface area contributed by atoms with Crippen LogP contribution >= 0.6 is 7.60 Å². The van der Waals surface area contributed by atoms with E-state index < -0.39 is 38.5 Å². The fourth-order valence-electron chi connectivity index (χ4n) is 3.81. The third-order valence-corrected chi connectivity index (χ3v) is 6.00. The third-order valence-electron chi connectivity index (χ3n) is 5.48. The number of hydrogen-bond donors (Lipinski definition) is 5.